The Balaban J connectivity index is 2.41. The summed E-state index contributed by atoms with van der Waals surface area (Å²) in [6.45, 7) is 0. The van der Waals surface area contributed by atoms with Crippen LogP contribution in [0.1, 0.15) is 5.56 Å². The Hall–Kier alpha value is -2.08. The maximum absolute atomic E-state index is 13.1. The van der Waals surface area contributed by atoms with Crippen molar-refractivity contribution in [3.05, 3.63) is 58.3 Å². The molecule has 2 aromatic carbocycles. The van der Waals surface area contributed by atoms with Crippen molar-refractivity contribution in [1.29, 1.82) is 0 Å². The summed E-state index contributed by atoms with van der Waals surface area (Å²) in [4.78, 5) is 0. The maximum Gasteiger partial charge on any atom is 0.173 e. The summed E-state index contributed by atoms with van der Waals surface area (Å²) in [5.41, 5.74) is 5.97. The van der Waals surface area contributed by atoms with Crippen LogP contribution < -0.4 is 10.5 Å². The van der Waals surface area contributed by atoms with Gasteiger partial charge in [0.15, 0.2) is 5.84 Å². The van der Waals surface area contributed by atoms with E-state index < -0.39 is 5.82 Å². The second-order valence-electron chi connectivity index (χ2n) is 3.69. The van der Waals surface area contributed by atoms with Crippen LogP contribution in [0.15, 0.2) is 52.1 Å². The highest BCUT2D eigenvalue weighted by Gasteiger charge is 2.10. The monoisotopic (exact) mass is 324 g/mol. The van der Waals surface area contributed by atoms with Gasteiger partial charge in [0.25, 0.3) is 0 Å². The second kappa shape index (κ2) is 5.71. The van der Waals surface area contributed by atoms with Gasteiger partial charge in [0.05, 0.1) is 5.56 Å². The summed E-state index contributed by atoms with van der Waals surface area (Å²) in [6.07, 6.45) is 0. The SMILES string of the molecule is N/C(=N/O)c1ccc(Br)cc1Oc1cccc(F)c1. The van der Waals surface area contributed by atoms with Crippen LogP contribution in [0.25, 0.3) is 0 Å². The molecule has 0 aliphatic rings. The molecule has 0 fully saturated rings. The molecule has 0 aliphatic carbocycles. The fourth-order valence-electron chi connectivity index (χ4n) is 1.50. The fourth-order valence-corrected chi connectivity index (χ4v) is 1.84. The lowest BCUT2D eigenvalue weighted by Crippen LogP contribution is -2.14. The van der Waals surface area contributed by atoms with Gasteiger partial charge in [0, 0.05) is 10.5 Å². The molecule has 0 aromatic heterocycles. The third kappa shape index (κ3) is 3.23. The Morgan fingerprint density at radius 3 is 2.74 bits per heavy atom. The smallest absolute Gasteiger partial charge is 0.173 e. The van der Waals surface area contributed by atoms with E-state index in [-0.39, 0.29) is 5.84 Å². The van der Waals surface area contributed by atoms with E-state index in [0.29, 0.717) is 17.1 Å². The highest BCUT2D eigenvalue weighted by atomic mass is 79.9. The van der Waals surface area contributed by atoms with Crippen molar-refractivity contribution in [1.82, 2.24) is 0 Å². The van der Waals surface area contributed by atoms with Crippen LogP contribution in [-0.4, -0.2) is 11.0 Å². The number of ether oxygens (including phenoxy) is 1. The average Bonchev–Trinajstić information content (AvgIpc) is 2.38. The Morgan fingerprint density at radius 2 is 2.05 bits per heavy atom. The molecule has 4 nitrogen and oxygen atoms in total. The first-order valence-electron chi connectivity index (χ1n) is 5.31. The zero-order valence-corrected chi connectivity index (χ0v) is 11.3. The molecule has 0 saturated carbocycles. The third-order valence-corrected chi connectivity index (χ3v) is 2.84. The first kappa shape index (κ1) is 13.4. The number of hydrogen-bond acceptors (Lipinski definition) is 3. The van der Waals surface area contributed by atoms with Gasteiger partial charge in [-0.15, -0.1) is 0 Å². The summed E-state index contributed by atoms with van der Waals surface area (Å²) in [5, 5.41) is 11.7. The number of hydrogen-bond donors (Lipinski definition) is 2. The van der Waals surface area contributed by atoms with E-state index in [1.165, 1.54) is 18.2 Å². The molecule has 0 radical (unpaired) electrons. The number of amidine groups is 1. The minimum absolute atomic E-state index is 0.0843. The first-order valence-corrected chi connectivity index (χ1v) is 6.10. The summed E-state index contributed by atoms with van der Waals surface area (Å²) in [6, 6.07) is 10.7. The van der Waals surface area contributed by atoms with Crippen molar-refractivity contribution in [2.24, 2.45) is 10.9 Å². The van der Waals surface area contributed by atoms with E-state index in [2.05, 4.69) is 21.1 Å². The van der Waals surface area contributed by atoms with Crippen molar-refractivity contribution in [3.8, 4) is 11.5 Å². The predicted molar refractivity (Wildman–Crippen MR) is 73.1 cm³/mol. The summed E-state index contributed by atoms with van der Waals surface area (Å²) in [7, 11) is 0. The molecule has 0 spiro atoms. The molecule has 6 heteroatoms. The summed E-state index contributed by atoms with van der Waals surface area (Å²) in [5.74, 6) is 0.192. The van der Waals surface area contributed by atoms with Crippen LogP contribution in [0, 0.1) is 5.82 Å². The highest BCUT2D eigenvalue weighted by molar-refractivity contribution is 9.10. The van der Waals surface area contributed by atoms with Crippen LogP contribution in [0.4, 0.5) is 4.39 Å². The summed E-state index contributed by atoms with van der Waals surface area (Å²) >= 11 is 3.30. The highest BCUT2D eigenvalue weighted by Crippen LogP contribution is 2.28. The van der Waals surface area contributed by atoms with E-state index >= 15 is 0 Å². The lowest BCUT2D eigenvalue weighted by molar-refractivity contribution is 0.318. The van der Waals surface area contributed by atoms with Crippen molar-refractivity contribution in [2.45, 2.75) is 0 Å². The zero-order chi connectivity index (χ0) is 13.8. The van der Waals surface area contributed by atoms with Gasteiger partial charge in [-0.1, -0.05) is 27.2 Å². The minimum atomic E-state index is -0.405. The molecular weight excluding hydrogens is 315 g/mol. The van der Waals surface area contributed by atoms with Crippen molar-refractivity contribution in [3.63, 3.8) is 0 Å². The predicted octanol–water partition coefficient (Wildman–Crippen LogP) is 3.48. The van der Waals surface area contributed by atoms with E-state index in [0.717, 1.165) is 4.47 Å². The fraction of sp³-hybridized carbons (Fsp3) is 0. The van der Waals surface area contributed by atoms with Gasteiger partial charge in [0.1, 0.15) is 17.3 Å². The van der Waals surface area contributed by atoms with Gasteiger partial charge in [-0.3, -0.25) is 0 Å². The molecule has 0 atom stereocenters. The third-order valence-electron chi connectivity index (χ3n) is 2.35. The van der Waals surface area contributed by atoms with E-state index in [1.54, 1.807) is 24.3 Å². The van der Waals surface area contributed by atoms with Crippen molar-refractivity contribution in [2.75, 3.05) is 0 Å². The van der Waals surface area contributed by atoms with Crippen LogP contribution in [0.2, 0.25) is 0 Å². The number of nitrogens with two attached hydrogens (primary N) is 1. The number of rotatable bonds is 3. The molecule has 3 N–H and O–H groups in total. The number of oxime groups is 1. The lowest BCUT2D eigenvalue weighted by Gasteiger charge is -2.10. The number of benzene rings is 2. The quantitative estimate of drug-likeness (QED) is 0.393. The topological polar surface area (TPSA) is 67.8 Å². The molecule has 0 saturated heterocycles. The molecule has 0 heterocycles. The Morgan fingerprint density at radius 1 is 1.26 bits per heavy atom. The van der Waals surface area contributed by atoms with E-state index in [1.807, 2.05) is 0 Å². The molecule has 2 aromatic rings. The van der Waals surface area contributed by atoms with Crippen LogP contribution in [0.5, 0.6) is 11.5 Å². The standard InChI is InChI=1S/C13H10BrFN2O2/c14-8-4-5-11(13(16)17-18)12(6-8)19-10-3-1-2-9(15)7-10/h1-7,18H,(H2,16,17). The maximum atomic E-state index is 13.1. The van der Waals surface area contributed by atoms with Crippen molar-refractivity contribution >= 4 is 21.8 Å². The molecule has 98 valence electrons. The van der Waals surface area contributed by atoms with Crippen LogP contribution in [-0.2, 0) is 0 Å². The molecule has 2 rings (SSSR count). The average molecular weight is 325 g/mol. The van der Waals surface area contributed by atoms with Crippen LogP contribution in [0.3, 0.4) is 0 Å². The molecular formula is C13H10BrFN2O2. The number of halogens is 2. The lowest BCUT2D eigenvalue weighted by atomic mass is 10.2. The zero-order valence-electron chi connectivity index (χ0n) is 9.68. The molecule has 19 heavy (non-hydrogen) atoms. The van der Waals surface area contributed by atoms with Crippen molar-refractivity contribution < 1.29 is 14.3 Å². The second-order valence-corrected chi connectivity index (χ2v) is 4.60. The van der Waals surface area contributed by atoms with Gasteiger partial charge in [0.2, 0.25) is 0 Å². The summed E-state index contributed by atoms with van der Waals surface area (Å²) < 4.78 is 19.4. The minimum Gasteiger partial charge on any atom is -0.456 e. The number of nitrogens with zero attached hydrogens (tertiary/aromatic N) is 1. The Labute approximate surface area is 117 Å². The molecule has 0 unspecified atom stereocenters. The largest absolute Gasteiger partial charge is 0.456 e. The normalized spacial score (nSPS) is 11.4. The van der Waals surface area contributed by atoms with Gasteiger partial charge in [-0.25, -0.2) is 4.39 Å². The van der Waals surface area contributed by atoms with Gasteiger partial charge < -0.3 is 15.7 Å². The van der Waals surface area contributed by atoms with E-state index in [9.17, 15) is 4.39 Å². The first-order chi connectivity index (χ1) is 9.10. The van der Waals surface area contributed by atoms with Gasteiger partial charge in [-0.2, -0.15) is 0 Å². The van der Waals surface area contributed by atoms with Gasteiger partial charge in [-0.05, 0) is 30.3 Å². The Bertz CT molecular complexity index is 632. The molecule has 0 aliphatic heterocycles. The van der Waals surface area contributed by atoms with E-state index in [4.69, 9.17) is 15.7 Å². The van der Waals surface area contributed by atoms with Crippen LogP contribution >= 0.6 is 15.9 Å². The van der Waals surface area contributed by atoms with Gasteiger partial charge >= 0.3 is 0 Å². The Kier molecular flexibility index (Phi) is 4.01. The molecule has 0 bridgehead atoms. The molecule has 0 amide bonds.